The zero-order valence-corrected chi connectivity index (χ0v) is 10.3. The van der Waals surface area contributed by atoms with Crippen molar-refractivity contribution in [2.45, 2.75) is 17.2 Å². The van der Waals surface area contributed by atoms with Crippen LogP contribution in [-0.4, -0.2) is 12.4 Å². The van der Waals surface area contributed by atoms with Crippen molar-refractivity contribution < 1.29 is 0 Å². The summed E-state index contributed by atoms with van der Waals surface area (Å²) in [4.78, 5) is 3.71. The second-order valence-corrected chi connectivity index (χ2v) is 4.15. The summed E-state index contributed by atoms with van der Waals surface area (Å²) in [5.41, 5.74) is 1.37. The monoisotopic (exact) mass is 293 g/mol. The van der Waals surface area contributed by atoms with Gasteiger partial charge in [0.2, 0.25) is 0 Å². The molecule has 1 aliphatic rings. The zero-order valence-electron chi connectivity index (χ0n) is 7.15. The van der Waals surface area contributed by atoms with Crippen molar-refractivity contribution in [1.29, 1.82) is 0 Å². The van der Waals surface area contributed by atoms with Crippen molar-refractivity contribution in [3.8, 4) is 0 Å². The molecule has 1 aromatic rings. The molecule has 1 aromatic carbocycles. The summed E-state index contributed by atoms with van der Waals surface area (Å²) in [5.74, 6) is 0. The van der Waals surface area contributed by atoms with Crippen molar-refractivity contribution in [3.63, 3.8) is 0 Å². The van der Waals surface area contributed by atoms with Gasteiger partial charge < -0.3 is 4.90 Å². The summed E-state index contributed by atoms with van der Waals surface area (Å²) < 4.78 is 0. The predicted molar refractivity (Wildman–Crippen MR) is 65.6 cm³/mol. The van der Waals surface area contributed by atoms with E-state index in [-0.39, 0.29) is 24.0 Å². The third-order valence-electron chi connectivity index (χ3n) is 2.09. The SMILES string of the molecule is CC1Sc2ccccc2N1C.I. The van der Waals surface area contributed by atoms with E-state index in [0.29, 0.717) is 5.37 Å². The molecular weight excluding hydrogens is 281 g/mol. The fourth-order valence-electron chi connectivity index (χ4n) is 1.31. The van der Waals surface area contributed by atoms with E-state index in [1.807, 2.05) is 11.8 Å². The van der Waals surface area contributed by atoms with Gasteiger partial charge in [-0.1, -0.05) is 23.9 Å². The summed E-state index contributed by atoms with van der Waals surface area (Å²) in [6.45, 7) is 2.23. The Labute approximate surface area is 94.5 Å². The molecule has 0 spiro atoms. The second-order valence-electron chi connectivity index (χ2n) is 2.80. The summed E-state index contributed by atoms with van der Waals surface area (Å²) in [6, 6.07) is 8.54. The van der Waals surface area contributed by atoms with Crippen LogP contribution in [0, 0.1) is 0 Å². The summed E-state index contributed by atoms with van der Waals surface area (Å²) in [5, 5.41) is 0.590. The highest BCUT2D eigenvalue weighted by Crippen LogP contribution is 2.41. The Bertz CT molecular complexity index is 277. The Morgan fingerprint density at radius 1 is 1.33 bits per heavy atom. The lowest BCUT2D eigenvalue weighted by molar-refractivity contribution is 0.924. The Hall–Kier alpha value is 0.1000. The normalized spacial score (nSPS) is 20.2. The fourth-order valence-corrected chi connectivity index (χ4v) is 2.44. The Morgan fingerprint density at radius 2 is 2.00 bits per heavy atom. The van der Waals surface area contributed by atoms with E-state index in [4.69, 9.17) is 0 Å². The molecule has 0 saturated heterocycles. The molecule has 0 aromatic heterocycles. The minimum Gasteiger partial charge on any atom is -0.362 e. The van der Waals surface area contributed by atoms with Crippen molar-refractivity contribution in [3.05, 3.63) is 24.3 Å². The average Bonchev–Trinajstić information content (AvgIpc) is 2.30. The van der Waals surface area contributed by atoms with Gasteiger partial charge in [0.15, 0.2) is 0 Å². The molecule has 0 fully saturated rings. The van der Waals surface area contributed by atoms with Crippen LogP contribution in [0.5, 0.6) is 0 Å². The highest BCUT2D eigenvalue weighted by Gasteiger charge is 2.21. The first-order valence-electron chi connectivity index (χ1n) is 3.77. The number of halogens is 1. The molecule has 2 rings (SSSR count). The van der Waals surface area contributed by atoms with E-state index >= 15 is 0 Å². The Balaban J connectivity index is 0.000000720. The third-order valence-corrected chi connectivity index (χ3v) is 3.34. The molecular formula is C9H12INS. The highest BCUT2D eigenvalue weighted by molar-refractivity contribution is 14.0. The van der Waals surface area contributed by atoms with Crippen LogP contribution in [0.3, 0.4) is 0 Å². The molecule has 0 bridgehead atoms. The molecule has 0 amide bonds. The van der Waals surface area contributed by atoms with Crippen LogP contribution in [0.15, 0.2) is 29.2 Å². The molecule has 1 aliphatic heterocycles. The second kappa shape index (κ2) is 3.87. The standard InChI is InChI=1S/C9H11NS.HI/c1-7-10(2)8-5-3-4-6-9(8)11-7;/h3-7H,1-2H3;1H. The molecule has 0 N–H and O–H groups in total. The number of benzene rings is 1. The number of hydrogen-bond acceptors (Lipinski definition) is 2. The molecule has 0 saturated carbocycles. The average molecular weight is 293 g/mol. The molecule has 1 nitrogen and oxygen atoms in total. The van der Waals surface area contributed by atoms with Crippen LogP contribution in [-0.2, 0) is 0 Å². The van der Waals surface area contributed by atoms with Gasteiger partial charge in [-0.3, -0.25) is 0 Å². The quantitative estimate of drug-likeness (QED) is 0.676. The van der Waals surface area contributed by atoms with Crippen LogP contribution in [0.25, 0.3) is 0 Å². The lowest BCUT2D eigenvalue weighted by Gasteiger charge is -2.16. The number of para-hydroxylation sites is 1. The number of anilines is 1. The molecule has 0 radical (unpaired) electrons. The van der Waals surface area contributed by atoms with Crippen LogP contribution in [0.4, 0.5) is 5.69 Å². The number of thioether (sulfide) groups is 1. The number of rotatable bonds is 0. The molecule has 1 unspecified atom stereocenters. The molecule has 66 valence electrons. The van der Waals surface area contributed by atoms with Gasteiger partial charge in [-0.15, -0.1) is 24.0 Å². The van der Waals surface area contributed by atoms with E-state index in [2.05, 4.69) is 43.1 Å². The first-order valence-corrected chi connectivity index (χ1v) is 4.65. The van der Waals surface area contributed by atoms with Crippen LogP contribution < -0.4 is 4.90 Å². The minimum absolute atomic E-state index is 0. The molecule has 12 heavy (non-hydrogen) atoms. The molecule has 1 heterocycles. The largest absolute Gasteiger partial charge is 0.362 e. The van der Waals surface area contributed by atoms with Gasteiger partial charge in [-0.25, -0.2) is 0 Å². The molecule has 3 heteroatoms. The van der Waals surface area contributed by atoms with Gasteiger partial charge in [0.1, 0.15) is 0 Å². The van der Waals surface area contributed by atoms with Gasteiger partial charge in [0.05, 0.1) is 11.1 Å². The Morgan fingerprint density at radius 3 is 2.67 bits per heavy atom. The van der Waals surface area contributed by atoms with Crippen LogP contribution >= 0.6 is 35.7 Å². The van der Waals surface area contributed by atoms with E-state index in [0.717, 1.165) is 0 Å². The lowest BCUT2D eigenvalue weighted by atomic mass is 10.3. The van der Waals surface area contributed by atoms with Crippen molar-refractivity contribution in [2.75, 3.05) is 11.9 Å². The smallest absolute Gasteiger partial charge is 0.0766 e. The van der Waals surface area contributed by atoms with E-state index in [9.17, 15) is 0 Å². The number of hydrogen-bond donors (Lipinski definition) is 0. The van der Waals surface area contributed by atoms with Gasteiger partial charge in [0.25, 0.3) is 0 Å². The van der Waals surface area contributed by atoms with E-state index in [1.165, 1.54) is 10.6 Å². The summed E-state index contributed by atoms with van der Waals surface area (Å²) in [7, 11) is 2.14. The highest BCUT2D eigenvalue weighted by atomic mass is 127. The summed E-state index contributed by atoms with van der Waals surface area (Å²) in [6.07, 6.45) is 0. The molecule has 0 aliphatic carbocycles. The number of nitrogens with zero attached hydrogens (tertiary/aromatic N) is 1. The maximum absolute atomic E-state index is 2.31. The fraction of sp³-hybridized carbons (Fsp3) is 0.333. The minimum atomic E-state index is 0. The van der Waals surface area contributed by atoms with E-state index in [1.54, 1.807) is 0 Å². The zero-order chi connectivity index (χ0) is 7.84. The molecule has 1 atom stereocenters. The number of fused-ring (bicyclic) bond motifs is 1. The third kappa shape index (κ3) is 1.57. The van der Waals surface area contributed by atoms with Gasteiger partial charge in [-0.2, -0.15) is 0 Å². The summed E-state index contributed by atoms with van der Waals surface area (Å²) >= 11 is 1.93. The van der Waals surface area contributed by atoms with Crippen LogP contribution in [0.1, 0.15) is 6.92 Å². The van der Waals surface area contributed by atoms with Crippen molar-refractivity contribution >= 4 is 41.4 Å². The maximum atomic E-state index is 2.31. The van der Waals surface area contributed by atoms with Crippen LogP contribution in [0.2, 0.25) is 0 Å². The van der Waals surface area contributed by atoms with Gasteiger partial charge in [-0.05, 0) is 19.1 Å². The van der Waals surface area contributed by atoms with Gasteiger partial charge in [0, 0.05) is 11.9 Å². The van der Waals surface area contributed by atoms with Crippen molar-refractivity contribution in [2.24, 2.45) is 0 Å². The topological polar surface area (TPSA) is 3.24 Å². The maximum Gasteiger partial charge on any atom is 0.0766 e. The van der Waals surface area contributed by atoms with Gasteiger partial charge >= 0.3 is 0 Å². The Kier molecular flexibility index (Phi) is 3.29. The van der Waals surface area contributed by atoms with E-state index < -0.39 is 0 Å². The first-order chi connectivity index (χ1) is 5.29. The first kappa shape index (κ1) is 10.2. The van der Waals surface area contributed by atoms with Crippen molar-refractivity contribution in [1.82, 2.24) is 0 Å². The lowest BCUT2D eigenvalue weighted by Crippen LogP contribution is -2.20. The predicted octanol–water partition coefficient (Wildman–Crippen LogP) is 3.19.